The van der Waals surface area contributed by atoms with Crippen molar-refractivity contribution in [2.75, 3.05) is 24.2 Å². The third-order valence-corrected chi connectivity index (χ3v) is 7.82. The Morgan fingerprint density at radius 2 is 1.49 bits per heavy atom. The van der Waals surface area contributed by atoms with Gasteiger partial charge in [0, 0.05) is 35.3 Å². The summed E-state index contributed by atoms with van der Waals surface area (Å²) < 4.78 is 0. The summed E-state index contributed by atoms with van der Waals surface area (Å²) in [7, 11) is 0. The van der Waals surface area contributed by atoms with Gasteiger partial charge in [-0.05, 0) is 62.1 Å². The smallest absolute Gasteiger partial charge is 0.256 e. The van der Waals surface area contributed by atoms with Crippen molar-refractivity contribution in [1.29, 1.82) is 0 Å². The van der Waals surface area contributed by atoms with Crippen LogP contribution < -0.4 is 10.6 Å². The topological polar surface area (TPSA) is 78.5 Å². The lowest BCUT2D eigenvalue weighted by Crippen LogP contribution is -2.36. The van der Waals surface area contributed by atoms with E-state index in [0.717, 1.165) is 43.7 Å². The Hall–Kier alpha value is -2.80. The average molecular weight is 494 g/mol. The molecule has 1 saturated carbocycles. The van der Waals surface area contributed by atoms with Gasteiger partial charge in [0.1, 0.15) is 0 Å². The van der Waals surface area contributed by atoms with Gasteiger partial charge in [0.05, 0.1) is 11.3 Å². The van der Waals surface area contributed by atoms with Crippen LogP contribution in [0.4, 0.5) is 5.69 Å². The fourth-order valence-electron chi connectivity index (χ4n) is 4.79. The number of nitrogens with zero attached hydrogens (tertiary/aromatic N) is 1. The summed E-state index contributed by atoms with van der Waals surface area (Å²) in [5.41, 5.74) is 1.81. The van der Waals surface area contributed by atoms with E-state index in [1.54, 1.807) is 30.3 Å². The van der Waals surface area contributed by atoms with Crippen LogP contribution in [0.15, 0.2) is 53.4 Å². The number of carbonyl (C=O) groups is 3. The Bertz CT molecular complexity index is 1010. The molecule has 0 aromatic heterocycles. The second kappa shape index (κ2) is 12.8. The number of likely N-dealkylation sites (tertiary alicyclic amines) is 1. The number of anilines is 1. The molecule has 0 atom stereocenters. The van der Waals surface area contributed by atoms with Crippen molar-refractivity contribution < 1.29 is 14.4 Å². The number of rotatable bonds is 7. The molecule has 1 aliphatic carbocycles. The van der Waals surface area contributed by atoms with Crippen LogP contribution in [0.2, 0.25) is 0 Å². The number of amides is 3. The molecular formula is C28H35N3O3S. The van der Waals surface area contributed by atoms with Crippen LogP contribution in [0, 0.1) is 0 Å². The van der Waals surface area contributed by atoms with Crippen LogP contribution >= 0.6 is 11.8 Å². The highest BCUT2D eigenvalue weighted by molar-refractivity contribution is 8.00. The first kappa shape index (κ1) is 25.3. The second-order valence-corrected chi connectivity index (χ2v) is 10.4. The molecule has 2 aromatic carbocycles. The normalized spacial score (nSPS) is 16.9. The zero-order valence-electron chi connectivity index (χ0n) is 20.3. The summed E-state index contributed by atoms with van der Waals surface area (Å²) in [6.07, 6.45) is 10.4. The molecule has 0 spiro atoms. The maximum absolute atomic E-state index is 13.0. The zero-order chi connectivity index (χ0) is 24.5. The van der Waals surface area contributed by atoms with Crippen LogP contribution in [-0.4, -0.2) is 47.5 Å². The van der Waals surface area contributed by atoms with E-state index in [1.807, 2.05) is 23.1 Å². The fourth-order valence-corrected chi connectivity index (χ4v) is 5.65. The van der Waals surface area contributed by atoms with E-state index in [2.05, 4.69) is 10.6 Å². The number of carbonyl (C=O) groups excluding carboxylic acids is 3. The lowest BCUT2D eigenvalue weighted by Gasteiger charge is -2.21. The van der Waals surface area contributed by atoms with Crippen LogP contribution in [-0.2, 0) is 4.79 Å². The predicted octanol–water partition coefficient (Wildman–Crippen LogP) is 5.50. The van der Waals surface area contributed by atoms with Crippen molar-refractivity contribution in [2.45, 2.75) is 68.7 Å². The van der Waals surface area contributed by atoms with Crippen molar-refractivity contribution >= 4 is 35.2 Å². The molecule has 1 aliphatic heterocycles. The number of benzene rings is 2. The average Bonchev–Trinajstić information content (AvgIpc) is 3.40. The quantitative estimate of drug-likeness (QED) is 0.500. The molecule has 2 N–H and O–H groups in total. The van der Waals surface area contributed by atoms with Gasteiger partial charge >= 0.3 is 0 Å². The molecule has 7 heteroatoms. The number of nitrogens with one attached hydrogen (secondary N) is 2. The summed E-state index contributed by atoms with van der Waals surface area (Å²) in [6.45, 7) is 1.62. The third kappa shape index (κ3) is 7.34. The molecule has 2 aliphatic rings. The van der Waals surface area contributed by atoms with Gasteiger partial charge in [-0.2, -0.15) is 0 Å². The summed E-state index contributed by atoms with van der Waals surface area (Å²) in [4.78, 5) is 40.7. The minimum Gasteiger partial charge on any atom is -0.353 e. The summed E-state index contributed by atoms with van der Waals surface area (Å²) in [5.74, 6) is 0.120. The lowest BCUT2D eigenvalue weighted by atomic mass is 9.97. The van der Waals surface area contributed by atoms with Crippen molar-refractivity contribution in [3.8, 4) is 0 Å². The maximum Gasteiger partial charge on any atom is 0.256 e. The first-order valence-corrected chi connectivity index (χ1v) is 13.8. The van der Waals surface area contributed by atoms with E-state index in [0.29, 0.717) is 16.8 Å². The van der Waals surface area contributed by atoms with E-state index in [1.165, 1.54) is 43.9 Å². The first-order chi connectivity index (χ1) is 17.1. The minimum atomic E-state index is -0.229. The summed E-state index contributed by atoms with van der Waals surface area (Å²) in [5, 5.41) is 6.11. The number of hydrogen-bond donors (Lipinski definition) is 2. The standard InChI is InChI=1S/C28H35N3O3S/c32-26(29-22-10-4-2-1-3-5-11-22)20-35-25-13-7-6-12-24(25)27(33)30-23-16-14-21(15-17-23)28(34)31-18-8-9-19-31/h6-7,12-17,22H,1-5,8-11,18-20H2,(H,29,32)(H,30,33). The Morgan fingerprint density at radius 3 is 2.20 bits per heavy atom. The number of hydrogen-bond acceptors (Lipinski definition) is 4. The molecule has 0 bridgehead atoms. The Labute approximate surface area is 212 Å². The summed E-state index contributed by atoms with van der Waals surface area (Å²) in [6, 6.07) is 14.7. The van der Waals surface area contributed by atoms with Gasteiger partial charge in [-0.1, -0.05) is 44.2 Å². The maximum atomic E-state index is 13.0. The van der Waals surface area contributed by atoms with Crippen molar-refractivity contribution in [3.05, 3.63) is 59.7 Å². The molecular weight excluding hydrogens is 458 g/mol. The van der Waals surface area contributed by atoms with Crippen molar-refractivity contribution in [2.24, 2.45) is 0 Å². The zero-order valence-corrected chi connectivity index (χ0v) is 21.1. The van der Waals surface area contributed by atoms with E-state index < -0.39 is 0 Å². The molecule has 1 heterocycles. The van der Waals surface area contributed by atoms with Crippen molar-refractivity contribution in [3.63, 3.8) is 0 Å². The molecule has 0 radical (unpaired) electrons. The molecule has 0 unspecified atom stereocenters. The molecule has 35 heavy (non-hydrogen) atoms. The molecule has 6 nitrogen and oxygen atoms in total. The first-order valence-electron chi connectivity index (χ1n) is 12.8. The van der Waals surface area contributed by atoms with Crippen LogP contribution in [0.1, 0.15) is 78.5 Å². The van der Waals surface area contributed by atoms with Crippen LogP contribution in [0.25, 0.3) is 0 Å². The minimum absolute atomic E-state index is 0.0223. The molecule has 4 rings (SSSR count). The highest BCUT2D eigenvalue weighted by Crippen LogP contribution is 2.24. The van der Waals surface area contributed by atoms with E-state index in [4.69, 9.17) is 0 Å². The molecule has 2 aromatic rings. The van der Waals surface area contributed by atoms with Gasteiger partial charge < -0.3 is 15.5 Å². The Morgan fingerprint density at radius 1 is 0.829 bits per heavy atom. The van der Waals surface area contributed by atoms with E-state index in [-0.39, 0.29) is 29.5 Å². The third-order valence-electron chi connectivity index (χ3n) is 6.74. The van der Waals surface area contributed by atoms with E-state index >= 15 is 0 Å². The highest BCUT2D eigenvalue weighted by Gasteiger charge is 2.20. The van der Waals surface area contributed by atoms with Crippen LogP contribution in [0.5, 0.6) is 0 Å². The van der Waals surface area contributed by atoms with Gasteiger partial charge in [-0.3, -0.25) is 14.4 Å². The monoisotopic (exact) mass is 493 g/mol. The highest BCUT2D eigenvalue weighted by atomic mass is 32.2. The fraction of sp³-hybridized carbons (Fsp3) is 0.464. The van der Waals surface area contributed by atoms with E-state index in [9.17, 15) is 14.4 Å². The van der Waals surface area contributed by atoms with Gasteiger partial charge in [0.2, 0.25) is 5.91 Å². The Balaban J connectivity index is 1.31. The Kier molecular flexibility index (Phi) is 9.23. The number of thioether (sulfide) groups is 1. The summed E-state index contributed by atoms with van der Waals surface area (Å²) >= 11 is 1.39. The van der Waals surface area contributed by atoms with Crippen molar-refractivity contribution in [1.82, 2.24) is 10.2 Å². The largest absolute Gasteiger partial charge is 0.353 e. The molecule has 2 fully saturated rings. The lowest BCUT2D eigenvalue weighted by molar-refractivity contribution is -0.119. The molecule has 3 amide bonds. The molecule has 1 saturated heterocycles. The van der Waals surface area contributed by atoms with Gasteiger partial charge in [0.25, 0.3) is 11.8 Å². The SMILES string of the molecule is O=C(CSc1ccccc1C(=O)Nc1ccc(C(=O)N2CCCC2)cc1)NC1CCCCCCC1. The van der Waals surface area contributed by atoms with Gasteiger partial charge in [-0.25, -0.2) is 0 Å². The predicted molar refractivity (Wildman–Crippen MR) is 141 cm³/mol. The van der Waals surface area contributed by atoms with Gasteiger partial charge in [0.15, 0.2) is 0 Å². The second-order valence-electron chi connectivity index (χ2n) is 9.43. The van der Waals surface area contributed by atoms with Crippen LogP contribution in [0.3, 0.4) is 0 Å². The molecule has 186 valence electrons. The van der Waals surface area contributed by atoms with Gasteiger partial charge in [-0.15, -0.1) is 11.8 Å².